The van der Waals surface area contributed by atoms with Crippen LogP contribution in [0.2, 0.25) is 0 Å². The minimum atomic E-state index is -2.82. The van der Waals surface area contributed by atoms with E-state index in [1.807, 2.05) is 0 Å². The average molecular weight is 192 g/mol. The molecule has 0 aliphatic rings. The van der Waals surface area contributed by atoms with Crippen LogP contribution >= 0.6 is 0 Å². The van der Waals surface area contributed by atoms with Crippen molar-refractivity contribution in [2.75, 3.05) is 13.1 Å². The third kappa shape index (κ3) is 23.0. The minimum Gasteiger partial charge on any atom is -0.325 e. The molecule has 0 saturated carbocycles. The molecule has 74 valence electrons. The van der Waals surface area contributed by atoms with Crippen LogP contribution in [0.5, 0.6) is 0 Å². The molecule has 0 aliphatic heterocycles. The van der Waals surface area contributed by atoms with Crippen LogP contribution in [0.15, 0.2) is 0 Å². The summed E-state index contributed by atoms with van der Waals surface area (Å²) in [7, 11) is 0. The van der Waals surface area contributed by atoms with Crippen molar-refractivity contribution in [3.63, 3.8) is 0 Å². The predicted octanol–water partition coefficient (Wildman–Crippen LogP) is 0.738. The highest BCUT2D eigenvalue weighted by Crippen LogP contribution is 1.89. The fourth-order valence-corrected chi connectivity index (χ4v) is 0.113. The Labute approximate surface area is 65.5 Å². The van der Waals surface area contributed by atoms with Gasteiger partial charge in [-0.1, -0.05) is 0 Å². The molecule has 0 saturated heterocycles. The van der Waals surface area contributed by atoms with Gasteiger partial charge in [0.1, 0.15) is 0 Å². The van der Waals surface area contributed by atoms with Gasteiger partial charge in [-0.05, 0) is 0 Å². The minimum absolute atomic E-state index is 0.528. The summed E-state index contributed by atoms with van der Waals surface area (Å²) in [5, 5.41) is 9.14. The molecule has 0 fully saturated rings. The summed E-state index contributed by atoms with van der Waals surface area (Å²) in [6, 6.07) is 0. The van der Waals surface area contributed by atoms with Gasteiger partial charge in [-0.3, -0.25) is 10.1 Å². The molecule has 0 radical (unpaired) electrons. The highest BCUT2D eigenvalue weighted by atomic mass is 19.3. The van der Waals surface area contributed by atoms with Crippen molar-refractivity contribution in [3.05, 3.63) is 10.1 Å². The van der Waals surface area contributed by atoms with Crippen LogP contribution in [0, 0.1) is 10.1 Å². The molecule has 4 nitrogen and oxygen atoms in total. The third-order valence-corrected chi connectivity index (χ3v) is 0.465. The Kier molecular flexibility index (Phi) is 9.31. The molecule has 0 aromatic rings. The summed E-state index contributed by atoms with van der Waals surface area (Å²) >= 11 is 0. The van der Waals surface area contributed by atoms with E-state index in [1.165, 1.54) is 0 Å². The Balaban J connectivity index is 0. The Bertz CT molecular complexity index is 122. The van der Waals surface area contributed by atoms with Crippen molar-refractivity contribution < 1.29 is 22.5 Å². The Morgan fingerprint density at radius 1 is 1.25 bits per heavy atom. The van der Waals surface area contributed by atoms with Gasteiger partial charge < -0.3 is 5.73 Å². The van der Waals surface area contributed by atoms with Crippen LogP contribution in [-0.2, 0) is 0 Å². The summed E-state index contributed by atoms with van der Waals surface area (Å²) in [4.78, 5) is 8.08. The molecule has 8 heteroatoms. The first-order valence-corrected chi connectivity index (χ1v) is 2.78. The van der Waals surface area contributed by atoms with Crippen LogP contribution in [0.3, 0.4) is 0 Å². The number of alkyl halides is 4. The Hall–Kier alpha value is -0.920. The molecule has 0 atom stereocenters. The zero-order chi connectivity index (χ0) is 10.1. The molecule has 0 spiro atoms. The monoisotopic (exact) mass is 192 g/mol. The Morgan fingerprint density at radius 3 is 1.58 bits per heavy atom. The van der Waals surface area contributed by atoms with E-state index < -0.39 is 30.9 Å². The summed E-state index contributed by atoms with van der Waals surface area (Å²) < 4.78 is 43.0. The zero-order valence-electron chi connectivity index (χ0n) is 5.92. The van der Waals surface area contributed by atoms with Crippen LogP contribution < -0.4 is 5.73 Å². The predicted molar refractivity (Wildman–Crippen MR) is 32.9 cm³/mol. The van der Waals surface area contributed by atoms with Gasteiger partial charge in [0.05, 0.1) is 6.54 Å². The summed E-state index contributed by atoms with van der Waals surface area (Å²) in [6.45, 7) is -1.78. The van der Waals surface area contributed by atoms with E-state index in [4.69, 9.17) is 10.1 Å². The molecule has 0 bridgehead atoms. The second-order valence-electron chi connectivity index (χ2n) is 1.53. The van der Waals surface area contributed by atoms with Crippen molar-refractivity contribution in [2.24, 2.45) is 5.73 Å². The maximum absolute atomic E-state index is 10.8. The van der Waals surface area contributed by atoms with Crippen LogP contribution in [0.1, 0.15) is 0 Å². The lowest BCUT2D eigenvalue weighted by molar-refractivity contribution is -0.493. The molecule has 0 aromatic carbocycles. The SMILES string of the molecule is NCC(F)F.O=[N+]([O-])CC(F)F. The van der Waals surface area contributed by atoms with Crippen LogP contribution in [0.25, 0.3) is 0 Å². The molecule has 0 amide bonds. The smallest absolute Gasteiger partial charge is 0.301 e. The van der Waals surface area contributed by atoms with Gasteiger partial charge in [-0.15, -0.1) is 0 Å². The maximum atomic E-state index is 10.8. The number of rotatable bonds is 3. The fraction of sp³-hybridized carbons (Fsp3) is 1.00. The first-order valence-electron chi connectivity index (χ1n) is 2.78. The van der Waals surface area contributed by atoms with Gasteiger partial charge in [-0.2, -0.15) is 0 Å². The highest BCUT2D eigenvalue weighted by Gasteiger charge is 2.08. The number of hydrogen-bond donors (Lipinski definition) is 1. The van der Waals surface area contributed by atoms with E-state index in [0.29, 0.717) is 0 Å². The van der Waals surface area contributed by atoms with Crippen LogP contribution in [0.4, 0.5) is 17.6 Å². The maximum Gasteiger partial charge on any atom is 0.301 e. The van der Waals surface area contributed by atoms with E-state index in [2.05, 4.69) is 5.73 Å². The molecular weight excluding hydrogens is 184 g/mol. The van der Waals surface area contributed by atoms with Gasteiger partial charge in [0, 0.05) is 4.92 Å². The van der Waals surface area contributed by atoms with Gasteiger partial charge in [0.25, 0.3) is 13.0 Å². The summed E-state index contributed by atoms with van der Waals surface area (Å²) in [6.07, 6.45) is -5.16. The van der Waals surface area contributed by atoms with E-state index in [-0.39, 0.29) is 0 Å². The molecule has 0 aromatic heterocycles. The topological polar surface area (TPSA) is 69.2 Å². The number of hydrogen-bond acceptors (Lipinski definition) is 3. The van der Waals surface area contributed by atoms with Crippen molar-refractivity contribution in [1.82, 2.24) is 0 Å². The van der Waals surface area contributed by atoms with E-state index in [1.54, 1.807) is 0 Å². The zero-order valence-corrected chi connectivity index (χ0v) is 5.92. The molecule has 0 aliphatic carbocycles. The van der Waals surface area contributed by atoms with Crippen molar-refractivity contribution in [1.29, 1.82) is 0 Å². The first kappa shape index (κ1) is 13.7. The van der Waals surface area contributed by atoms with Gasteiger partial charge in [0.15, 0.2) is 0 Å². The van der Waals surface area contributed by atoms with Gasteiger partial charge in [-0.25, -0.2) is 17.6 Å². The van der Waals surface area contributed by atoms with E-state index in [9.17, 15) is 17.6 Å². The van der Waals surface area contributed by atoms with E-state index in [0.717, 1.165) is 0 Å². The van der Waals surface area contributed by atoms with Crippen LogP contribution in [-0.4, -0.2) is 30.9 Å². The second kappa shape index (κ2) is 8.18. The molecule has 0 heterocycles. The van der Waals surface area contributed by atoms with Crippen molar-refractivity contribution in [3.8, 4) is 0 Å². The van der Waals surface area contributed by atoms with Gasteiger partial charge in [0.2, 0.25) is 0 Å². The first-order chi connectivity index (χ1) is 5.40. The average Bonchev–Trinajstić information content (AvgIpc) is 1.85. The van der Waals surface area contributed by atoms with Gasteiger partial charge >= 0.3 is 6.43 Å². The molecular formula is C4H8F4N2O2. The molecule has 2 N–H and O–H groups in total. The third-order valence-electron chi connectivity index (χ3n) is 0.465. The normalized spacial score (nSPS) is 9.58. The summed E-state index contributed by atoms with van der Waals surface area (Å²) in [5.41, 5.74) is 4.42. The number of halogens is 4. The summed E-state index contributed by atoms with van der Waals surface area (Å²) in [5.74, 6) is 0. The molecule has 12 heavy (non-hydrogen) atoms. The van der Waals surface area contributed by atoms with E-state index >= 15 is 0 Å². The number of nitrogens with zero attached hydrogens (tertiary/aromatic N) is 1. The molecule has 0 rings (SSSR count). The quantitative estimate of drug-likeness (QED) is 0.407. The lowest BCUT2D eigenvalue weighted by atomic mass is 10.7. The standard InChI is InChI=1S/C2H3F2NO2.C2H5F2N/c3-2(4)1-5(6)7;3-2(4)1-5/h2H,1H2;2H,1,5H2. The highest BCUT2D eigenvalue weighted by molar-refractivity contribution is 4.30. The Morgan fingerprint density at radius 2 is 1.58 bits per heavy atom. The molecule has 0 unspecified atom stereocenters. The largest absolute Gasteiger partial charge is 0.325 e. The lowest BCUT2D eigenvalue weighted by Crippen LogP contribution is -2.09. The van der Waals surface area contributed by atoms with Crippen molar-refractivity contribution >= 4 is 0 Å². The lowest BCUT2D eigenvalue weighted by Gasteiger charge is -1.85. The second-order valence-corrected chi connectivity index (χ2v) is 1.53. The fourth-order valence-electron chi connectivity index (χ4n) is 0.113. The van der Waals surface area contributed by atoms with Crippen molar-refractivity contribution in [2.45, 2.75) is 12.9 Å². The number of nitro groups is 1. The number of nitrogens with two attached hydrogens (primary N) is 1.